The Morgan fingerprint density at radius 3 is 2.00 bits per heavy atom. The molecule has 2 nitrogen and oxygen atoms in total. The smallest absolute Gasteiger partial charge is 0.0912 e. The van der Waals surface area contributed by atoms with Gasteiger partial charge in [-0.15, -0.1) is 0 Å². The molecule has 0 amide bonds. The van der Waals surface area contributed by atoms with Gasteiger partial charge in [0.2, 0.25) is 0 Å². The molecule has 2 heteroatoms. The maximum absolute atomic E-state index is 8.95. The summed E-state index contributed by atoms with van der Waals surface area (Å²) in [6, 6.07) is 24.2. The van der Waals surface area contributed by atoms with Gasteiger partial charge < -0.3 is 0 Å². The van der Waals surface area contributed by atoms with E-state index in [4.69, 9.17) is 10.5 Å². The third kappa shape index (κ3) is 3.95. The summed E-state index contributed by atoms with van der Waals surface area (Å²) in [6.45, 7) is 0. The molecular formula is C20H16N2. The number of nitrogens with zero attached hydrogens (tertiary/aromatic N) is 2. The van der Waals surface area contributed by atoms with E-state index in [-0.39, 0.29) is 0 Å². The molecule has 0 N–H and O–H groups in total. The van der Waals surface area contributed by atoms with Crippen molar-refractivity contribution in [1.82, 2.24) is 0 Å². The third-order valence-corrected chi connectivity index (χ3v) is 3.34. The van der Waals surface area contributed by atoms with Gasteiger partial charge in [0.05, 0.1) is 12.1 Å². The molecule has 0 aromatic heterocycles. The van der Waals surface area contributed by atoms with E-state index in [2.05, 4.69) is 12.1 Å². The second kappa shape index (κ2) is 8.25. The van der Waals surface area contributed by atoms with Crippen molar-refractivity contribution in [2.45, 2.75) is 12.8 Å². The van der Waals surface area contributed by atoms with Gasteiger partial charge in [0.15, 0.2) is 0 Å². The van der Waals surface area contributed by atoms with E-state index in [1.807, 2.05) is 66.7 Å². The van der Waals surface area contributed by atoms with E-state index >= 15 is 0 Å². The zero-order valence-electron chi connectivity index (χ0n) is 12.2. The fourth-order valence-electron chi connectivity index (χ4n) is 2.36. The van der Waals surface area contributed by atoms with Crippen LogP contribution < -0.4 is 0 Å². The molecule has 0 fully saturated rings. The van der Waals surface area contributed by atoms with E-state index in [1.165, 1.54) is 6.08 Å². The number of hydrogen-bond acceptors (Lipinski definition) is 2. The van der Waals surface area contributed by atoms with Gasteiger partial charge in [-0.25, -0.2) is 0 Å². The van der Waals surface area contributed by atoms with Crippen molar-refractivity contribution in [2.75, 3.05) is 0 Å². The molecule has 0 aliphatic carbocycles. The van der Waals surface area contributed by atoms with Crippen molar-refractivity contribution >= 4 is 11.1 Å². The molecular weight excluding hydrogens is 268 g/mol. The zero-order valence-corrected chi connectivity index (χ0v) is 12.2. The Balaban J connectivity index is 2.62. The van der Waals surface area contributed by atoms with Crippen LogP contribution in [-0.2, 0) is 0 Å². The van der Waals surface area contributed by atoms with Crippen LogP contribution in [0.25, 0.3) is 11.1 Å². The highest BCUT2D eigenvalue weighted by Crippen LogP contribution is 2.31. The Kier molecular flexibility index (Phi) is 5.73. The number of allylic oxidation sites excluding steroid dienone is 4. The summed E-state index contributed by atoms with van der Waals surface area (Å²) in [7, 11) is 0. The number of hydrogen-bond donors (Lipinski definition) is 0. The minimum Gasteiger partial charge on any atom is -0.198 e. The average molecular weight is 284 g/mol. The van der Waals surface area contributed by atoms with E-state index in [1.54, 1.807) is 0 Å². The van der Waals surface area contributed by atoms with Gasteiger partial charge in [0.25, 0.3) is 0 Å². The molecule has 0 saturated carbocycles. The van der Waals surface area contributed by atoms with E-state index < -0.39 is 0 Å². The van der Waals surface area contributed by atoms with Crippen molar-refractivity contribution in [2.24, 2.45) is 0 Å². The lowest BCUT2D eigenvalue weighted by Gasteiger charge is -2.13. The molecule has 0 radical (unpaired) electrons. The van der Waals surface area contributed by atoms with Gasteiger partial charge in [-0.3, -0.25) is 0 Å². The third-order valence-electron chi connectivity index (χ3n) is 3.34. The normalized spacial score (nSPS) is 11.5. The largest absolute Gasteiger partial charge is 0.198 e. The predicted molar refractivity (Wildman–Crippen MR) is 89.3 cm³/mol. The fourth-order valence-corrected chi connectivity index (χ4v) is 2.36. The van der Waals surface area contributed by atoms with Gasteiger partial charge in [-0.2, -0.15) is 10.5 Å². The highest BCUT2D eigenvalue weighted by molar-refractivity contribution is 5.95. The first-order chi connectivity index (χ1) is 10.9. The van der Waals surface area contributed by atoms with Crippen LogP contribution in [-0.4, -0.2) is 0 Å². The first-order valence-electron chi connectivity index (χ1n) is 7.14. The second-order valence-corrected chi connectivity index (χ2v) is 4.74. The SMILES string of the molecule is N#C/C=C/C(=C(/CCC#N)c1ccccc1)c1ccccc1. The number of benzene rings is 2. The van der Waals surface area contributed by atoms with Gasteiger partial charge in [0.1, 0.15) is 0 Å². The molecule has 0 unspecified atom stereocenters. The molecule has 0 bridgehead atoms. The van der Waals surface area contributed by atoms with Gasteiger partial charge in [-0.1, -0.05) is 60.7 Å². The lowest BCUT2D eigenvalue weighted by molar-refractivity contribution is 1.08. The summed E-state index contributed by atoms with van der Waals surface area (Å²) in [6.07, 6.45) is 4.41. The van der Waals surface area contributed by atoms with Crippen LogP contribution >= 0.6 is 0 Å². The lowest BCUT2D eigenvalue weighted by atomic mass is 9.91. The van der Waals surface area contributed by atoms with Gasteiger partial charge in [0, 0.05) is 12.5 Å². The molecule has 0 heterocycles. The molecule has 106 valence electrons. The van der Waals surface area contributed by atoms with Crippen LogP contribution in [0.15, 0.2) is 72.8 Å². The quantitative estimate of drug-likeness (QED) is 0.441. The van der Waals surface area contributed by atoms with Crippen molar-refractivity contribution < 1.29 is 0 Å². The van der Waals surface area contributed by atoms with Crippen molar-refractivity contribution in [3.8, 4) is 12.1 Å². The molecule has 0 aliphatic heterocycles. The Hall–Kier alpha value is -3.10. The van der Waals surface area contributed by atoms with Crippen LogP contribution in [0, 0.1) is 22.7 Å². The molecule has 0 aliphatic rings. The molecule has 0 atom stereocenters. The highest BCUT2D eigenvalue weighted by atomic mass is 14.2. The van der Waals surface area contributed by atoms with E-state index in [9.17, 15) is 0 Å². The van der Waals surface area contributed by atoms with E-state index in [0.717, 1.165) is 22.3 Å². The van der Waals surface area contributed by atoms with Crippen LogP contribution in [0.4, 0.5) is 0 Å². The second-order valence-electron chi connectivity index (χ2n) is 4.74. The van der Waals surface area contributed by atoms with Crippen LogP contribution in [0.2, 0.25) is 0 Å². The maximum atomic E-state index is 8.95. The average Bonchev–Trinajstić information content (AvgIpc) is 2.59. The molecule has 2 aromatic rings. The van der Waals surface area contributed by atoms with Crippen LogP contribution in [0.3, 0.4) is 0 Å². The summed E-state index contributed by atoms with van der Waals surface area (Å²) in [5, 5.41) is 17.8. The van der Waals surface area contributed by atoms with Crippen molar-refractivity contribution in [3.63, 3.8) is 0 Å². The number of rotatable bonds is 5. The predicted octanol–water partition coefficient (Wildman–Crippen LogP) is 4.98. The minimum absolute atomic E-state index is 0.445. The summed E-state index contributed by atoms with van der Waals surface area (Å²) < 4.78 is 0. The molecule has 0 saturated heterocycles. The molecule has 0 spiro atoms. The molecule has 2 rings (SSSR count). The Bertz CT molecular complexity index is 742. The van der Waals surface area contributed by atoms with Crippen LogP contribution in [0.5, 0.6) is 0 Å². The first kappa shape index (κ1) is 15.3. The van der Waals surface area contributed by atoms with Gasteiger partial charge in [-0.05, 0) is 34.8 Å². The monoisotopic (exact) mass is 284 g/mol. The summed E-state index contributed by atoms with van der Waals surface area (Å²) in [5.74, 6) is 0. The molecule has 22 heavy (non-hydrogen) atoms. The summed E-state index contributed by atoms with van der Waals surface area (Å²) in [5.41, 5.74) is 4.20. The highest BCUT2D eigenvalue weighted by Gasteiger charge is 2.09. The minimum atomic E-state index is 0.445. The first-order valence-corrected chi connectivity index (χ1v) is 7.14. The summed E-state index contributed by atoms with van der Waals surface area (Å²) >= 11 is 0. The standard InChI is InChI=1S/C20H16N2/c21-15-7-13-19(17-9-3-1-4-10-17)20(14-8-16-22)18-11-5-2-6-12-18/h1-7,9-13H,8,14H2/b13-7+,20-19+. The summed E-state index contributed by atoms with van der Waals surface area (Å²) in [4.78, 5) is 0. The maximum Gasteiger partial charge on any atom is 0.0912 e. The molecule has 2 aromatic carbocycles. The fraction of sp³-hybridized carbons (Fsp3) is 0.100. The van der Waals surface area contributed by atoms with Crippen molar-refractivity contribution in [3.05, 3.63) is 83.9 Å². The number of nitriles is 2. The lowest BCUT2D eigenvalue weighted by Crippen LogP contribution is -1.91. The zero-order chi connectivity index (χ0) is 15.6. The van der Waals surface area contributed by atoms with Crippen molar-refractivity contribution in [1.29, 1.82) is 10.5 Å². The Morgan fingerprint density at radius 1 is 0.864 bits per heavy atom. The Morgan fingerprint density at radius 2 is 1.45 bits per heavy atom. The van der Waals surface area contributed by atoms with Gasteiger partial charge >= 0.3 is 0 Å². The topological polar surface area (TPSA) is 47.6 Å². The Labute approximate surface area is 131 Å². The van der Waals surface area contributed by atoms with Crippen LogP contribution in [0.1, 0.15) is 24.0 Å². The van der Waals surface area contributed by atoms with E-state index in [0.29, 0.717) is 12.8 Å².